The number of likely N-dealkylation sites (N-methyl/N-ethyl adjacent to an activating group) is 1. The molecule has 2 heterocycles. The van der Waals surface area contributed by atoms with Gasteiger partial charge in [-0.3, -0.25) is 9.78 Å². The molecule has 0 N–H and O–H groups in total. The Labute approximate surface area is 105 Å². The maximum atomic E-state index is 12.0. The molecule has 2 aromatic heterocycles. The quantitative estimate of drug-likeness (QED) is 0.822. The Kier molecular flexibility index (Phi) is 3.72. The minimum Gasteiger partial charge on any atom is -0.351 e. The van der Waals surface area contributed by atoms with Crippen LogP contribution in [0.2, 0.25) is 0 Å². The topological polar surface area (TPSA) is 59.2 Å². The maximum Gasteiger partial charge on any atom is 0.292 e. The fourth-order valence-electron chi connectivity index (χ4n) is 1.62. The van der Waals surface area contributed by atoms with Crippen LogP contribution < -0.4 is 0 Å². The monoisotopic (exact) mass is 245 g/mol. The van der Waals surface area contributed by atoms with E-state index in [-0.39, 0.29) is 5.91 Å². The summed E-state index contributed by atoms with van der Waals surface area (Å²) in [5.41, 5.74) is 1.91. The van der Waals surface area contributed by atoms with Crippen LogP contribution in [0.15, 0.2) is 35.2 Å². The van der Waals surface area contributed by atoms with Crippen LogP contribution in [0.5, 0.6) is 0 Å². The second-order valence-electron chi connectivity index (χ2n) is 4.17. The zero-order valence-corrected chi connectivity index (χ0v) is 10.5. The predicted octanol–water partition coefficient (Wildman–Crippen LogP) is 1.69. The molecule has 0 fully saturated rings. The van der Waals surface area contributed by atoms with Gasteiger partial charge in [-0.1, -0.05) is 5.16 Å². The molecule has 0 bridgehead atoms. The first-order valence-corrected chi connectivity index (χ1v) is 5.74. The molecule has 0 saturated heterocycles. The van der Waals surface area contributed by atoms with Crippen molar-refractivity contribution in [3.05, 3.63) is 47.6 Å². The summed E-state index contributed by atoms with van der Waals surface area (Å²) >= 11 is 0. The Bertz CT molecular complexity index is 522. The molecule has 0 aliphatic heterocycles. The fraction of sp³-hybridized carbons (Fsp3) is 0.308. The summed E-state index contributed by atoms with van der Waals surface area (Å²) in [7, 11) is 1.76. The molecular weight excluding hydrogens is 230 g/mol. The van der Waals surface area contributed by atoms with Gasteiger partial charge in [0, 0.05) is 31.5 Å². The van der Waals surface area contributed by atoms with Crippen LogP contribution in [0.25, 0.3) is 0 Å². The highest BCUT2D eigenvalue weighted by molar-refractivity contribution is 5.92. The van der Waals surface area contributed by atoms with Crippen LogP contribution in [0.4, 0.5) is 0 Å². The third-order valence-corrected chi connectivity index (χ3v) is 2.77. The van der Waals surface area contributed by atoms with Gasteiger partial charge in [-0.2, -0.15) is 0 Å². The first-order valence-electron chi connectivity index (χ1n) is 5.74. The minimum absolute atomic E-state index is 0.140. The molecule has 94 valence electrons. The van der Waals surface area contributed by atoms with Crippen molar-refractivity contribution < 1.29 is 9.32 Å². The highest BCUT2D eigenvalue weighted by Crippen LogP contribution is 2.09. The number of pyridine rings is 1. The SMILES string of the molecule is Cc1cnoc1C(=O)N(C)CCc1ccncc1. The number of carbonyl (C=O) groups excluding carboxylic acids is 1. The lowest BCUT2D eigenvalue weighted by atomic mass is 10.2. The van der Waals surface area contributed by atoms with E-state index in [9.17, 15) is 4.79 Å². The number of nitrogens with zero attached hydrogens (tertiary/aromatic N) is 3. The average molecular weight is 245 g/mol. The van der Waals surface area contributed by atoms with Crippen molar-refractivity contribution in [3.63, 3.8) is 0 Å². The molecule has 0 spiro atoms. The van der Waals surface area contributed by atoms with E-state index in [0.29, 0.717) is 12.3 Å². The molecule has 2 rings (SSSR count). The molecule has 0 unspecified atom stereocenters. The third kappa shape index (κ3) is 2.74. The number of amides is 1. The van der Waals surface area contributed by atoms with Gasteiger partial charge < -0.3 is 9.42 Å². The standard InChI is InChI=1S/C13H15N3O2/c1-10-9-15-18-12(10)13(17)16(2)8-5-11-3-6-14-7-4-11/h3-4,6-7,9H,5,8H2,1-2H3. The molecule has 0 aliphatic carbocycles. The van der Waals surface area contributed by atoms with Gasteiger partial charge in [-0.15, -0.1) is 0 Å². The van der Waals surface area contributed by atoms with Gasteiger partial charge >= 0.3 is 0 Å². The lowest BCUT2D eigenvalue weighted by molar-refractivity contribution is 0.0754. The van der Waals surface area contributed by atoms with Crippen molar-refractivity contribution in [2.75, 3.05) is 13.6 Å². The van der Waals surface area contributed by atoms with Gasteiger partial charge in [0.2, 0.25) is 5.76 Å². The second-order valence-corrected chi connectivity index (χ2v) is 4.17. The van der Waals surface area contributed by atoms with Gasteiger partial charge in [0.15, 0.2) is 0 Å². The summed E-state index contributed by atoms with van der Waals surface area (Å²) in [6, 6.07) is 3.88. The molecule has 0 atom stereocenters. The zero-order chi connectivity index (χ0) is 13.0. The molecular formula is C13H15N3O2. The second kappa shape index (κ2) is 5.44. The van der Waals surface area contributed by atoms with Crippen molar-refractivity contribution in [2.45, 2.75) is 13.3 Å². The lowest BCUT2D eigenvalue weighted by Crippen LogP contribution is -2.29. The Hall–Kier alpha value is -2.17. The molecule has 5 nitrogen and oxygen atoms in total. The molecule has 0 aromatic carbocycles. The fourth-order valence-corrected chi connectivity index (χ4v) is 1.62. The van der Waals surface area contributed by atoms with Crippen LogP contribution in [-0.2, 0) is 6.42 Å². The minimum atomic E-state index is -0.140. The van der Waals surface area contributed by atoms with E-state index in [1.807, 2.05) is 12.1 Å². The Morgan fingerprint density at radius 1 is 1.39 bits per heavy atom. The van der Waals surface area contributed by atoms with Crippen molar-refractivity contribution in [1.82, 2.24) is 15.0 Å². The van der Waals surface area contributed by atoms with Crippen LogP contribution in [0, 0.1) is 6.92 Å². The summed E-state index contributed by atoms with van der Waals surface area (Å²) in [6.45, 7) is 2.43. The van der Waals surface area contributed by atoms with Crippen LogP contribution in [0.1, 0.15) is 21.7 Å². The molecule has 1 amide bonds. The number of hydrogen-bond acceptors (Lipinski definition) is 4. The third-order valence-electron chi connectivity index (χ3n) is 2.77. The van der Waals surface area contributed by atoms with Gasteiger partial charge in [0.1, 0.15) is 0 Å². The highest BCUT2D eigenvalue weighted by Gasteiger charge is 2.18. The van der Waals surface area contributed by atoms with Gasteiger partial charge in [-0.25, -0.2) is 0 Å². The molecule has 5 heteroatoms. The predicted molar refractivity (Wildman–Crippen MR) is 66.1 cm³/mol. The first kappa shape index (κ1) is 12.3. The van der Waals surface area contributed by atoms with Gasteiger partial charge in [-0.05, 0) is 31.0 Å². The maximum absolute atomic E-state index is 12.0. The van der Waals surface area contributed by atoms with Crippen LogP contribution in [0.3, 0.4) is 0 Å². The molecule has 2 aromatic rings. The normalized spacial score (nSPS) is 10.3. The van der Waals surface area contributed by atoms with E-state index in [2.05, 4.69) is 10.1 Å². The summed E-state index contributed by atoms with van der Waals surface area (Å²) in [5.74, 6) is 0.172. The Morgan fingerprint density at radius 2 is 2.11 bits per heavy atom. The smallest absolute Gasteiger partial charge is 0.292 e. The van der Waals surface area contributed by atoms with Crippen molar-refractivity contribution >= 4 is 5.91 Å². The van der Waals surface area contributed by atoms with Crippen LogP contribution >= 0.6 is 0 Å². The zero-order valence-electron chi connectivity index (χ0n) is 10.5. The average Bonchev–Trinajstić information content (AvgIpc) is 2.82. The van der Waals surface area contributed by atoms with E-state index in [1.54, 1.807) is 37.5 Å². The van der Waals surface area contributed by atoms with E-state index < -0.39 is 0 Å². The van der Waals surface area contributed by atoms with Crippen LogP contribution in [-0.4, -0.2) is 34.5 Å². The summed E-state index contributed by atoms with van der Waals surface area (Å²) < 4.78 is 4.95. The van der Waals surface area contributed by atoms with E-state index >= 15 is 0 Å². The number of aromatic nitrogens is 2. The number of carbonyl (C=O) groups is 1. The number of aryl methyl sites for hydroxylation is 1. The molecule has 0 radical (unpaired) electrons. The summed E-state index contributed by atoms with van der Waals surface area (Å²) in [6.07, 6.45) is 5.83. The lowest BCUT2D eigenvalue weighted by Gasteiger charge is -2.15. The largest absolute Gasteiger partial charge is 0.351 e. The van der Waals surface area contributed by atoms with Crippen molar-refractivity contribution in [1.29, 1.82) is 0 Å². The van der Waals surface area contributed by atoms with E-state index in [0.717, 1.165) is 17.5 Å². The molecule has 0 aliphatic rings. The van der Waals surface area contributed by atoms with Gasteiger partial charge in [0.25, 0.3) is 5.91 Å². The Morgan fingerprint density at radius 3 is 2.72 bits per heavy atom. The number of rotatable bonds is 4. The molecule has 0 saturated carbocycles. The van der Waals surface area contributed by atoms with Crippen molar-refractivity contribution in [2.24, 2.45) is 0 Å². The van der Waals surface area contributed by atoms with E-state index in [1.165, 1.54) is 0 Å². The first-order chi connectivity index (χ1) is 8.68. The van der Waals surface area contributed by atoms with Gasteiger partial charge in [0.05, 0.1) is 6.20 Å². The Balaban J connectivity index is 1.95. The summed E-state index contributed by atoms with van der Waals surface area (Å²) in [4.78, 5) is 17.6. The highest BCUT2D eigenvalue weighted by atomic mass is 16.5. The van der Waals surface area contributed by atoms with E-state index in [4.69, 9.17) is 4.52 Å². The van der Waals surface area contributed by atoms with Crippen molar-refractivity contribution in [3.8, 4) is 0 Å². The summed E-state index contributed by atoms with van der Waals surface area (Å²) in [5, 5.41) is 3.61. The number of hydrogen-bond donors (Lipinski definition) is 0. The molecule has 18 heavy (non-hydrogen) atoms.